The second-order valence-corrected chi connectivity index (χ2v) is 5.22. The lowest BCUT2D eigenvalue weighted by molar-refractivity contribution is 0.378. The van der Waals surface area contributed by atoms with E-state index in [0.29, 0.717) is 12.4 Å². The molecule has 3 rings (SSSR count). The molecule has 0 saturated carbocycles. The molecule has 1 atom stereocenters. The van der Waals surface area contributed by atoms with Crippen molar-refractivity contribution in [3.05, 3.63) is 58.7 Å². The topological polar surface area (TPSA) is 26.3 Å². The summed E-state index contributed by atoms with van der Waals surface area (Å²) >= 11 is -1.15. The Balaban J connectivity index is 2.07. The molecule has 2 aliphatic carbocycles. The standard InChI is InChI=1S/C13H12O2S/c14-16-9-12-5-4-10-2-1-3-11(6-10)7-13(12)8-15-16/h1-5,7H,6,8-9H2. The van der Waals surface area contributed by atoms with Crippen LogP contribution in [0.4, 0.5) is 0 Å². The van der Waals surface area contributed by atoms with Gasteiger partial charge in [0.15, 0.2) is 11.1 Å². The Morgan fingerprint density at radius 3 is 3.00 bits per heavy atom. The summed E-state index contributed by atoms with van der Waals surface area (Å²) in [5.41, 5.74) is 4.91. The van der Waals surface area contributed by atoms with Gasteiger partial charge >= 0.3 is 0 Å². The van der Waals surface area contributed by atoms with E-state index in [2.05, 4.69) is 36.5 Å². The van der Waals surface area contributed by atoms with Gasteiger partial charge in [-0.05, 0) is 28.7 Å². The van der Waals surface area contributed by atoms with Crippen LogP contribution in [0.3, 0.4) is 0 Å². The second kappa shape index (κ2) is 4.00. The first-order valence-electron chi connectivity index (χ1n) is 5.31. The Kier molecular flexibility index (Phi) is 2.50. The van der Waals surface area contributed by atoms with Gasteiger partial charge in [0.1, 0.15) is 0 Å². The third kappa shape index (κ3) is 1.88. The van der Waals surface area contributed by atoms with Crippen molar-refractivity contribution in [1.29, 1.82) is 0 Å². The maximum Gasteiger partial charge on any atom is 0.160 e. The zero-order chi connectivity index (χ0) is 11.0. The molecule has 0 N–H and O–H groups in total. The molecule has 2 nitrogen and oxygen atoms in total. The summed E-state index contributed by atoms with van der Waals surface area (Å²) < 4.78 is 16.5. The van der Waals surface area contributed by atoms with Crippen molar-refractivity contribution in [3.63, 3.8) is 0 Å². The van der Waals surface area contributed by atoms with Crippen LogP contribution in [0.1, 0.15) is 6.42 Å². The lowest BCUT2D eigenvalue weighted by atomic mass is 9.93. The van der Waals surface area contributed by atoms with Crippen molar-refractivity contribution in [3.8, 4) is 0 Å². The molecular formula is C13H12O2S. The van der Waals surface area contributed by atoms with E-state index in [1.807, 2.05) is 0 Å². The number of allylic oxidation sites excluding steroid dienone is 8. The number of hydrogen-bond donors (Lipinski definition) is 0. The van der Waals surface area contributed by atoms with Gasteiger partial charge in [0.25, 0.3) is 0 Å². The van der Waals surface area contributed by atoms with E-state index >= 15 is 0 Å². The van der Waals surface area contributed by atoms with Crippen LogP contribution in [0.15, 0.2) is 58.7 Å². The molecule has 3 heteroatoms. The summed E-state index contributed by atoms with van der Waals surface area (Å²) in [5, 5.41) is 0. The molecule has 0 amide bonds. The highest BCUT2D eigenvalue weighted by Gasteiger charge is 2.19. The molecule has 3 aliphatic rings. The van der Waals surface area contributed by atoms with Crippen molar-refractivity contribution >= 4 is 11.1 Å². The van der Waals surface area contributed by atoms with Crippen LogP contribution in [0, 0.1) is 0 Å². The van der Waals surface area contributed by atoms with Gasteiger partial charge in [-0.2, -0.15) is 0 Å². The molecule has 1 fully saturated rings. The molecule has 1 saturated heterocycles. The first kappa shape index (κ1) is 10.00. The van der Waals surface area contributed by atoms with Gasteiger partial charge in [0.05, 0.1) is 12.4 Å². The van der Waals surface area contributed by atoms with Gasteiger partial charge in [0, 0.05) is 0 Å². The van der Waals surface area contributed by atoms with Gasteiger partial charge in [-0.3, -0.25) is 4.18 Å². The first-order valence-corrected chi connectivity index (χ1v) is 6.55. The van der Waals surface area contributed by atoms with Crippen LogP contribution < -0.4 is 0 Å². The Morgan fingerprint density at radius 1 is 1.12 bits per heavy atom. The minimum absolute atomic E-state index is 0.461. The van der Waals surface area contributed by atoms with Gasteiger partial charge in [-0.1, -0.05) is 36.5 Å². The summed E-state index contributed by atoms with van der Waals surface area (Å²) in [6.07, 6.45) is 13.7. The molecule has 0 aromatic carbocycles. The molecule has 2 bridgehead atoms. The van der Waals surface area contributed by atoms with Crippen molar-refractivity contribution in [2.24, 2.45) is 0 Å². The van der Waals surface area contributed by atoms with Crippen LogP contribution in [-0.2, 0) is 15.3 Å². The Hall–Kier alpha value is -1.19. The van der Waals surface area contributed by atoms with Gasteiger partial charge in [-0.25, -0.2) is 4.21 Å². The monoisotopic (exact) mass is 232 g/mol. The minimum Gasteiger partial charge on any atom is -0.285 e. The predicted molar refractivity (Wildman–Crippen MR) is 65.1 cm³/mol. The molecule has 16 heavy (non-hydrogen) atoms. The van der Waals surface area contributed by atoms with E-state index in [4.69, 9.17) is 4.18 Å². The quantitative estimate of drug-likeness (QED) is 0.641. The summed E-state index contributed by atoms with van der Waals surface area (Å²) in [6, 6.07) is 0. The Labute approximate surface area is 97.3 Å². The van der Waals surface area contributed by atoms with Gasteiger partial charge in [0.2, 0.25) is 0 Å². The highest BCUT2D eigenvalue weighted by Crippen LogP contribution is 2.28. The fraction of sp³-hybridized carbons (Fsp3) is 0.231. The molecule has 1 unspecified atom stereocenters. The highest BCUT2D eigenvalue weighted by atomic mass is 32.2. The fourth-order valence-electron chi connectivity index (χ4n) is 2.07. The van der Waals surface area contributed by atoms with Crippen LogP contribution in [0.25, 0.3) is 0 Å². The lowest BCUT2D eigenvalue weighted by Crippen LogP contribution is -2.18. The van der Waals surface area contributed by atoms with E-state index < -0.39 is 11.1 Å². The summed E-state index contributed by atoms with van der Waals surface area (Å²) in [7, 11) is 0. The first-order chi connectivity index (χ1) is 7.81. The zero-order valence-electron chi connectivity index (χ0n) is 8.81. The number of hydrogen-bond acceptors (Lipinski definition) is 2. The molecular weight excluding hydrogens is 220 g/mol. The third-order valence-corrected chi connectivity index (χ3v) is 3.85. The Bertz CT molecular complexity index is 504. The maximum absolute atomic E-state index is 11.3. The van der Waals surface area contributed by atoms with Crippen molar-refractivity contribution in [2.75, 3.05) is 12.4 Å². The maximum atomic E-state index is 11.3. The third-order valence-electron chi connectivity index (χ3n) is 2.92. The smallest absolute Gasteiger partial charge is 0.160 e. The fourth-order valence-corrected chi connectivity index (χ4v) is 2.94. The predicted octanol–water partition coefficient (Wildman–Crippen LogP) is 2.36. The van der Waals surface area contributed by atoms with Crippen LogP contribution >= 0.6 is 0 Å². The summed E-state index contributed by atoms with van der Waals surface area (Å²) in [6.45, 7) is 0.461. The van der Waals surface area contributed by atoms with E-state index in [0.717, 1.165) is 17.6 Å². The van der Waals surface area contributed by atoms with Gasteiger partial charge < -0.3 is 0 Å². The van der Waals surface area contributed by atoms with E-state index in [9.17, 15) is 4.21 Å². The molecule has 0 aromatic rings. The lowest BCUT2D eigenvalue weighted by Gasteiger charge is -2.20. The normalized spacial score (nSPS) is 27.9. The summed E-state index contributed by atoms with van der Waals surface area (Å²) in [4.78, 5) is 0. The molecule has 0 aromatic heterocycles. The molecule has 0 radical (unpaired) electrons. The van der Waals surface area contributed by atoms with Crippen molar-refractivity contribution in [1.82, 2.24) is 0 Å². The van der Waals surface area contributed by atoms with Crippen LogP contribution in [-0.4, -0.2) is 16.6 Å². The zero-order valence-corrected chi connectivity index (χ0v) is 9.63. The van der Waals surface area contributed by atoms with E-state index in [1.165, 1.54) is 11.1 Å². The van der Waals surface area contributed by atoms with E-state index in [-0.39, 0.29) is 0 Å². The summed E-state index contributed by atoms with van der Waals surface area (Å²) in [5.74, 6) is 0.507. The largest absolute Gasteiger partial charge is 0.285 e. The molecule has 82 valence electrons. The minimum atomic E-state index is -1.15. The molecule has 1 aliphatic heterocycles. The van der Waals surface area contributed by atoms with Crippen molar-refractivity contribution in [2.45, 2.75) is 6.42 Å². The number of fused-ring (bicyclic) bond motifs is 3. The second-order valence-electron chi connectivity index (χ2n) is 4.09. The van der Waals surface area contributed by atoms with Crippen molar-refractivity contribution < 1.29 is 8.39 Å². The number of rotatable bonds is 0. The Morgan fingerprint density at radius 2 is 2.06 bits per heavy atom. The average molecular weight is 232 g/mol. The van der Waals surface area contributed by atoms with E-state index in [1.54, 1.807) is 0 Å². The van der Waals surface area contributed by atoms with Crippen LogP contribution in [0.5, 0.6) is 0 Å². The van der Waals surface area contributed by atoms with Crippen LogP contribution in [0.2, 0.25) is 0 Å². The molecule has 0 spiro atoms. The highest BCUT2D eigenvalue weighted by molar-refractivity contribution is 7.80. The average Bonchev–Trinajstić information content (AvgIpc) is 2.29. The molecule has 1 heterocycles. The van der Waals surface area contributed by atoms with Gasteiger partial charge in [-0.15, -0.1) is 0 Å². The SMILES string of the molecule is O=S1CC2=CC=C3C=CC=C(C=C2CO1)C3.